The molecule has 0 fully saturated rings. The molecule has 0 radical (unpaired) electrons. The average molecular weight is 376 g/mol. The number of aromatic nitrogens is 1. The van der Waals surface area contributed by atoms with Crippen LogP contribution in [-0.4, -0.2) is 36.3 Å². The van der Waals surface area contributed by atoms with Gasteiger partial charge in [-0.3, -0.25) is 9.59 Å². The first kappa shape index (κ1) is 18.2. The van der Waals surface area contributed by atoms with Crippen molar-refractivity contribution in [3.63, 3.8) is 0 Å². The van der Waals surface area contributed by atoms with Gasteiger partial charge >= 0.3 is 11.9 Å². The zero-order chi connectivity index (χ0) is 18.7. The van der Waals surface area contributed by atoms with Crippen LogP contribution in [0.25, 0.3) is 10.2 Å². The summed E-state index contributed by atoms with van der Waals surface area (Å²) in [5.41, 5.74) is 2.98. The van der Waals surface area contributed by atoms with Crippen molar-refractivity contribution < 1.29 is 23.8 Å². The topological polar surface area (TPSA) is 79.1 Å². The van der Waals surface area contributed by atoms with Crippen molar-refractivity contribution in [3.8, 4) is 0 Å². The van der Waals surface area contributed by atoms with Crippen LogP contribution in [-0.2, 0) is 30.3 Å². The second kappa shape index (κ2) is 7.74. The highest BCUT2D eigenvalue weighted by molar-refractivity contribution is 7.16. The number of thiazole rings is 1. The molecule has 138 valence electrons. The van der Waals surface area contributed by atoms with Gasteiger partial charge in [0.25, 0.3) is 0 Å². The molecule has 0 aliphatic carbocycles. The molecule has 0 saturated heterocycles. The molecule has 1 aromatic carbocycles. The Morgan fingerprint density at radius 3 is 2.81 bits per heavy atom. The van der Waals surface area contributed by atoms with Gasteiger partial charge in [-0.05, 0) is 38.0 Å². The molecule has 0 atom stereocenters. The molecule has 2 heterocycles. The van der Waals surface area contributed by atoms with Gasteiger partial charge in [-0.1, -0.05) is 17.4 Å². The number of rotatable bonds is 4. The van der Waals surface area contributed by atoms with Gasteiger partial charge in [0.1, 0.15) is 26.0 Å². The lowest BCUT2D eigenvalue weighted by molar-refractivity contribution is -0.143. The lowest BCUT2D eigenvalue weighted by Gasteiger charge is -2.12. The number of fused-ring (bicyclic) bond motifs is 1. The molecule has 26 heavy (non-hydrogen) atoms. The molecule has 1 aliphatic rings. The van der Waals surface area contributed by atoms with Crippen LogP contribution in [0.1, 0.15) is 18.1 Å². The smallest absolute Gasteiger partial charge is 0.326 e. The number of carbonyl (C=O) groups is 2. The minimum absolute atomic E-state index is 0.0146. The zero-order valence-electron chi connectivity index (χ0n) is 14.9. The molecule has 0 bridgehead atoms. The third-order valence-corrected chi connectivity index (χ3v) is 4.99. The van der Waals surface area contributed by atoms with E-state index < -0.39 is 5.91 Å². The molecule has 2 aromatic rings. The van der Waals surface area contributed by atoms with Crippen molar-refractivity contribution in [1.29, 1.82) is 0 Å². The predicted octanol–water partition coefficient (Wildman–Crippen LogP) is 2.20. The Balaban J connectivity index is 2.12. The van der Waals surface area contributed by atoms with Gasteiger partial charge in [-0.15, -0.1) is 0 Å². The van der Waals surface area contributed by atoms with Crippen molar-refractivity contribution >= 4 is 33.4 Å². The first-order valence-electron chi connectivity index (χ1n) is 8.29. The summed E-state index contributed by atoms with van der Waals surface area (Å²) in [6.07, 6.45) is 1.27. The molecule has 0 spiro atoms. The summed E-state index contributed by atoms with van der Waals surface area (Å²) in [4.78, 5) is 29.0. The first-order chi connectivity index (χ1) is 12.5. The van der Waals surface area contributed by atoms with E-state index in [2.05, 4.69) is 11.1 Å². The van der Waals surface area contributed by atoms with E-state index in [-0.39, 0.29) is 18.3 Å². The third kappa shape index (κ3) is 3.80. The normalized spacial score (nSPS) is 14.6. The quantitative estimate of drug-likeness (QED) is 0.765. The highest BCUT2D eigenvalue weighted by atomic mass is 32.1. The van der Waals surface area contributed by atoms with E-state index in [0.717, 1.165) is 21.3 Å². The van der Waals surface area contributed by atoms with Gasteiger partial charge in [-0.2, -0.15) is 4.99 Å². The Bertz CT molecular complexity index is 954. The van der Waals surface area contributed by atoms with Gasteiger partial charge in [-0.25, -0.2) is 0 Å². The van der Waals surface area contributed by atoms with Crippen LogP contribution in [0.5, 0.6) is 0 Å². The number of nitrogens with zero attached hydrogens (tertiary/aromatic N) is 2. The van der Waals surface area contributed by atoms with Gasteiger partial charge in [0.15, 0.2) is 4.80 Å². The monoisotopic (exact) mass is 376 g/mol. The number of hydrogen-bond acceptors (Lipinski definition) is 6. The van der Waals surface area contributed by atoms with Crippen LogP contribution in [0.2, 0.25) is 0 Å². The molecule has 8 heteroatoms. The lowest BCUT2D eigenvalue weighted by atomic mass is 10.1. The Morgan fingerprint density at radius 1 is 1.31 bits per heavy atom. The Labute approximate surface area is 154 Å². The molecule has 0 unspecified atom stereocenters. The van der Waals surface area contributed by atoms with Crippen molar-refractivity contribution in [2.24, 2.45) is 4.99 Å². The van der Waals surface area contributed by atoms with Gasteiger partial charge in [0.05, 0.1) is 16.8 Å². The Hall–Kier alpha value is -2.61. The van der Waals surface area contributed by atoms with Crippen molar-refractivity contribution in [3.05, 3.63) is 40.1 Å². The molecule has 1 aliphatic heterocycles. The molecular formula is C18H20N2O5S. The highest BCUT2D eigenvalue weighted by Gasteiger charge is 2.17. The summed E-state index contributed by atoms with van der Waals surface area (Å²) < 4.78 is 18.1. The number of benzene rings is 1. The lowest BCUT2D eigenvalue weighted by Crippen LogP contribution is -2.24. The summed E-state index contributed by atoms with van der Waals surface area (Å²) in [7, 11) is 0. The number of esters is 1. The summed E-state index contributed by atoms with van der Waals surface area (Å²) in [6, 6.07) is 4.03. The maximum absolute atomic E-state index is 12.4. The molecule has 7 nitrogen and oxygen atoms in total. The van der Waals surface area contributed by atoms with Gasteiger partial charge in [0, 0.05) is 0 Å². The Morgan fingerprint density at radius 2 is 2.12 bits per heavy atom. The number of hydrogen-bond donors (Lipinski definition) is 0. The van der Waals surface area contributed by atoms with E-state index in [1.165, 1.54) is 17.6 Å². The van der Waals surface area contributed by atoms with Gasteiger partial charge < -0.3 is 18.8 Å². The average Bonchev–Trinajstić information content (AvgIpc) is 2.94. The van der Waals surface area contributed by atoms with Crippen LogP contribution >= 0.6 is 11.3 Å². The largest absolute Gasteiger partial charge is 0.494 e. The number of carbonyl (C=O) groups excluding carboxylic acids is 2. The second-order valence-electron chi connectivity index (χ2n) is 5.82. The zero-order valence-corrected chi connectivity index (χ0v) is 15.7. The number of ether oxygens (including phenoxy) is 3. The summed E-state index contributed by atoms with van der Waals surface area (Å²) in [5.74, 6) is -0.857. The van der Waals surface area contributed by atoms with E-state index in [4.69, 9.17) is 14.2 Å². The molecule has 0 N–H and O–H groups in total. The fraction of sp³-hybridized carbons (Fsp3) is 0.389. The molecule has 1 amide bonds. The Kier molecular flexibility index (Phi) is 5.41. The van der Waals surface area contributed by atoms with Crippen LogP contribution in [0.15, 0.2) is 29.1 Å². The van der Waals surface area contributed by atoms with E-state index in [9.17, 15) is 9.59 Å². The highest BCUT2D eigenvalue weighted by Crippen LogP contribution is 2.23. The van der Waals surface area contributed by atoms with E-state index in [1.54, 1.807) is 11.5 Å². The predicted molar refractivity (Wildman–Crippen MR) is 96.5 cm³/mol. The second-order valence-corrected chi connectivity index (χ2v) is 6.80. The van der Waals surface area contributed by atoms with E-state index >= 15 is 0 Å². The van der Waals surface area contributed by atoms with Crippen LogP contribution in [0, 0.1) is 13.8 Å². The van der Waals surface area contributed by atoms with Crippen LogP contribution in [0.3, 0.4) is 0 Å². The maximum atomic E-state index is 12.4. The molecule has 0 saturated carbocycles. The minimum atomic E-state index is -0.539. The van der Waals surface area contributed by atoms with E-state index in [1.807, 2.05) is 19.9 Å². The SMILES string of the molecule is CCOC(=O)Cn1c(=NC(=O)C2=COCCO2)sc2c(C)cc(C)cc21. The fourth-order valence-electron chi connectivity index (χ4n) is 2.71. The van der Waals surface area contributed by atoms with E-state index in [0.29, 0.717) is 24.6 Å². The minimum Gasteiger partial charge on any atom is -0.494 e. The van der Waals surface area contributed by atoms with Gasteiger partial charge in [0.2, 0.25) is 5.76 Å². The maximum Gasteiger partial charge on any atom is 0.326 e. The third-order valence-electron chi connectivity index (χ3n) is 3.76. The summed E-state index contributed by atoms with van der Waals surface area (Å²) in [6.45, 7) is 6.72. The van der Waals surface area contributed by atoms with Crippen molar-refractivity contribution in [2.45, 2.75) is 27.3 Å². The van der Waals surface area contributed by atoms with Crippen molar-refractivity contribution in [2.75, 3.05) is 19.8 Å². The summed E-state index contributed by atoms with van der Waals surface area (Å²) >= 11 is 1.36. The molecule has 3 rings (SSSR count). The number of amides is 1. The number of aryl methyl sites for hydroxylation is 2. The van der Waals surface area contributed by atoms with Crippen LogP contribution < -0.4 is 4.80 Å². The fourth-order valence-corrected chi connectivity index (χ4v) is 3.79. The molecular weight excluding hydrogens is 356 g/mol. The first-order valence-corrected chi connectivity index (χ1v) is 9.11. The summed E-state index contributed by atoms with van der Waals surface area (Å²) in [5, 5.41) is 0. The van der Waals surface area contributed by atoms with Crippen LogP contribution in [0.4, 0.5) is 0 Å². The van der Waals surface area contributed by atoms with Crippen molar-refractivity contribution in [1.82, 2.24) is 4.57 Å². The standard InChI is InChI=1S/C18H20N2O5S/c1-4-24-15(21)9-20-13-8-11(2)7-12(3)16(13)26-18(20)19-17(22)14-10-23-5-6-25-14/h7-8,10H,4-6,9H2,1-3H3. The molecule has 1 aromatic heterocycles.